The number of nitrogens with zero attached hydrogens (tertiary/aromatic N) is 2. The second-order valence-corrected chi connectivity index (χ2v) is 6.81. The first-order valence-electron chi connectivity index (χ1n) is 7.66. The molecular weight excluding hydrogens is 292 g/mol. The van der Waals surface area contributed by atoms with Gasteiger partial charge in [0.05, 0.1) is 16.4 Å². The van der Waals surface area contributed by atoms with Crippen LogP contribution in [0, 0.1) is 10.1 Å². The van der Waals surface area contributed by atoms with E-state index >= 15 is 0 Å². The van der Waals surface area contributed by atoms with Crippen molar-refractivity contribution >= 4 is 11.4 Å². The van der Waals surface area contributed by atoms with Crippen LogP contribution in [-0.2, 0) is 11.8 Å². The molecule has 1 spiro atoms. The predicted molar refractivity (Wildman–Crippen MR) is 88.0 cm³/mol. The first-order chi connectivity index (χ1) is 10.9. The third-order valence-electron chi connectivity index (χ3n) is 5.43. The SMILES string of the molecule is CN1c2ccccc2C(C)(C)C12Cc1ccc([N+](=O)[O-])cc1O2. The lowest BCUT2D eigenvalue weighted by Gasteiger charge is -2.42. The molecule has 0 bridgehead atoms. The molecule has 5 nitrogen and oxygen atoms in total. The maximum Gasteiger partial charge on any atom is 0.273 e. The average molecular weight is 310 g/mol. The fourth-order valence-electron chi connectivity index (χ4n) is 4.03. The Kier molecular flexibility index (Phi) is 2.60. The van der Waals surface area contributed by atoms with Crippen molar-refractivity contribution in [2.24, 2.45) is 0 Å². The Hall–Kier alpha value is -2.56. The standard InChI is InChI=1S/C18H18N2O3/c1-17(2)14-6-4-5-7-15(14)19(3)18(17)11-12-8-9-13(20(21)22)10-16(12)23-18/h4-10H,11H2,1-3H3. The van der Waals surface area contributed by atoms with Gasteiger partial charge in [0.15, 0.2) is 5.72 Å². The molecule has 1 unspecified atom stereocenters. The van der Waals surface area contributed by atoms with E-state index in [4.69, 9.17) is 4.74 Å². The lowest BCUT2D eigenvalue weighted by molar-refractivity contribution is -0.384. The molecule has 5 heteroatoms. The predicted octanol–water partition coefficient (Wildman–Crippen LogP) is 3.65. The van der Waals surface area contributed by atoms with Crippen molar-refractivity contribution in [2.45, 2.75) is 31.4 Å². The quantitative estimate of drug-likeness (QED) is 0.596. The van der Waals surface area contributed by atoms with Crippen LogP contribution in [0.1, 0.15) is 25.0 Å². The zero-order valence-electron chi connectivity index (χ0n) is 13.4. The second kappa shape index (κ2) is 4.25. The van der Waals surface area contributed by atoms with Crippen LogP contribution in [0.2, 0.25) is 0 Å². The molecule has 0 saturated heterocycles. The molecule has 0 aromatic heterocycles. The molecule has 2 aromatic rings. The summed E-state index contributed by atoms with van der Waals surface area (Å²) in [6, 6.07) is 13.2. The fourth-order valence-corrected chi connectivity index (χ4v) is 4.03. The number of non-ortho nitro benzene ring substituents is 1. The Morgan fingerprint density at radius 2 is 1.96 bits per heavy atom. The van der Waals surface area contributed by atoms with E-state index in [9.17, 15) is 10.1 Å². The van der Waals surface area contributed by atoms with Gasteiger partial charge in [-0.25, -0.2) is 0 Å². The Bertz CT molecular complexity index is 831. The average Bonchev–Trinajstić information content (AvgIpc) is 3.00. The molecule has 0 N–H and O–H groups in total. The molecule has 2 aliphatic rings. The molecular formula is C18H18N2O3. The molecule has 1 atom stereocenters. The second-order valence-electron chi connectivity index (χ2n) is 6.81. The van der Waals surface area contributed by atoms with Gasteiger partial charge < -0.3 is 9.64 Å². The molecule has 2 aliphatic heterocycles. The summed E-state index contributed by atoms with van der Waals surface area (Å²) in [5.74, 6) is 0.618. The lowest BCUT2D eigenvalue weighted by atomic mass is 9.76. The summed E-state index contributed by atoms with van der Waals surface area (Å²) < 4.78 is 6.38. The molecule has 0 fully saturated rings. The number of fused-ring (bicyclic) bond motifs is 2. The van der Waals surface area contributed by atoms with Crippen LogP contribution in [0.25, 0.3) is 0 Å². The van der Waals surface area contributed by atoms with Gasteiger partial charge >= 0.3 is 0 Å². The van der Waals surface area contributed by atoms with E-state index in [2.05, 4.69) is 30.9 Å². The number of rotatable bonds is 1. The minimum atomic E-state index is -0.547. The highest BCUT2D eigenvalue weighted by Crippen LogP contribution is 2.56. The van der Waals surface area contributed by atoms with Gasteiger partial charge in [0, 0.05) is 30.8 Å². The zero-order chi connectivity index (χ0) is 16.4. The molecule has 23 heavy (non-hydrogen) atoms. The summed E-state index contributed by atoms with van der Waals surface area (Å²) in [6.45, 7) is 4.35. The fraction of sp³-hybridized carbons (Fsp3) is 0.333. The topological polar surface area (TPSA) is 55.6 Å². The number of para-hydroxylation sites is 1. The molecule has 4 rings (SSSR count). The van der Waals surface area contributed by atoms with Gasteiger partial charge in [-0.3, -0.25) is 10.1 Å². The number of ether oxygens (including phenoxy) is 1. The van der Waals surface area contributed by atoms with Crippen molar-refractivity contribution in [3.8, 4) is 5.75 Å². The molecule has 118 valence electrons. The van der Waals surface area contributed by atoms with E-state index in [0.717, 1.165) is 11.3 Å². The summed E-state index contributed by atoms with van der Waals surface area (Å²) in [7, 11) is 2.04. The van der Waals surface area contributed by atoms with Crippen molar-refractivity contribution < 1.29 is 9.66 Å². The number of benzene rings is 2. The van der Waals surface area contributed by atoms with Crippen LogP contribution >= 0.6 is 0 Å². The Morgan fingerprint density at radius 1 is 1.22 bits per heavy atom. The highest BCUT2D eigenvalue weighted by Gasteiger charge is 2.60. The number of nitro benzene ring substituents is 1. The first-order valence-corrected chi connectivity index (χ1v) is 7.66. The number of hydrogen-bond donors (Lipinski definition) is 0. The van der Waals surface area contributed by atoms with Crippen molar-refractivity contribution in [3.05, 3.63) is 63.7 Å². The van der Waals surface area contributed by atoms with Crippen molar-refractivity contribution in [2.75, 3.05) is 11.9 Å². The van der Waals surface area contributed by atoms with Gasteiger partial charge in [0.1, 0.15) is 5.75 Å². The van der Waals surface area contributed by atoms with E-state index in [1.54, 1.807) is 6.07 Å². The maximum absolute atomic E-state index is 11.0. The molecule has 0 amide bonds. The van der Waals surface area contributed by atoms with Crippen LogP contribution in [0.5, 0.6) is 5.75 Å². The minimum absolute atomic E-state index is 0.0665. The number of likely N-dealkylation sites (N-methyl/N-ethyl adjacent to an activating group) is 1. The van der Waals surface area contributed by atoms with Gasteiger partial charge in [-0.1, -0.05) is 18.2 Å². The van der Waals surface area contributed by atoms with Crippen molar-refractivity contribution in [1.82, 2.24) is 0 Å². The smallest absolute Gasteiger partial charge is 0.273 e. The largest absolute Gasteiger partial charge is 0.466 e. The van der Waals surface area contributed by atoms with E-state index in [-0.39, 0.29) is 16.0 Å². The van der Waals surface area contributed by atoms with Crippen LogP contribution in [0.15, 0.2) is 42.5 Å². The third kappa shape index (κ3) is 1.62. The normalized spacial score (nSPS) is 23.5. The maximum atomic E-state index is 11.0. The molecule has 0 saturated carbocycles. The third-order valence-corrected chi connectivity index (χ3v) is 5.43. The monoisotopic (exact) mass is 310 g/mol. The van der Waals surface area contributed by atoms with E-state index in [0.29, 0.717) is 12.2 Å². The minimum Gasteiger partial charge on any atom is -0.466 e. The Labute approximate surface area is 134 Å². The summed E-state index contributed by atoms with van der Waals surface area (Å²) in [6.07, 6.45) is 0.707. The molecule has 0 aliphatic carbocycles. The van der Waals surface area contributed by atoms with E-state index < -0.39 is 5.72 Å². The van der Waals surface area contributed by atoms with Gasteiger partial charge in [-0.2, -0.15) is 0 Å². The number of nitro groups is 1. The summed E-state index contributed by atoms with van der Waals surface area (Å²) in [5, 5.41) is 11.0. The van der Waals surface area contributed by atoms with Crippen LogP contribution in [0.4, 0.5) is 11.4 Å². The first kappa shape index (κ1) is 14.1. The molecule has 0 radical (unpaired) electrons. The zero-order valence-corrected chi connectivity index (χ0v) is 13.4. The van der Waals surface area contributed by atoms with Crippen molar-refractivity contribution in [1.29, 1.82) is 0 Å². The van der Waals surface area contributed by atoms with E-state index in [1.165, 1.54) is 11.6 Å². The lowest BCUT2D eigenvalue weighted by Crippen LogP contribution is -2.58. The molecule has 2 heterocycles. The van der Waals surface area contributed by atoms with Gasteiger partial charge in [-0.15, -0.1) is 0 Å². The summed E-state index contributed by atoms with van der Waals surface area (Å²) >= 11 is 0. The highest BCUT2D eigenvalue weighted by atomic mass is 16.6. The summed E-state index contributed by atoms with van der Waals surface area (Å²) in [4.78, 5) is 12.8. The molecule has 2 aromatic carbocycles. The number of hydrogen-bond acceptors (Lipinski definition) is 4. The van der Waals surface area contributed by atoms with Crippen LogP contribution in [0.3, 0.4) is 0 Å². The number of anilines is 1. The highest BCUT2D eigenvalue weighted by molar-refractivity contribution is 5.67. The van der Waals surface area contributed by atoms with Crippen LogP contribution in [-0.4, -0.2) is 17.7 Å². The summed E-state index contributed by atoms with van der Waals surface area (Å²) in [5.41, 5.74) is 2.70. The van der Waals surface area contributed by atoms with E-state index in [1.807, 2.05) is 25.2 Å². The Morgan fingerprint density at radius 3 is 2.65 bits per heavy atom. The van der Waals surface area contributed by atoms with Gasteiger partial charge in [0.2, 0.25) is 0 Å². The van der Waals surface area contributed by atoms with Gasteiger partial charge in [0.25, 0.3) is 5.69 Å². The Balaban J connectivity index is 1.84. The van der Waals surface area contributed by atoms with Gasteiger partial charge in [-0.05, 0) is 31.5 Å². The van der Waals surface area contributed by atoms with Crippen LogP contribution < -0.4 is 9.64 Å². The van der Waals surface area contributed by atoms with Crippen molar-refractivity contribution in [3.63, 3.8) is 0 Å².